The molecule has 0 radical (unpaired) electrons. The van der Waals surface area contributed by atoms with Crippen LogP contribution in [-0.2, 0) is 4.79 Å². The van der Waals surface area contributed by atoms with Crippen LogP contribution in [-0.4, -0.2) is 17.9 Å². The van der Waals surface area contributed by atoms with Gasteiger partial charge in [0.25, 0.3) is 5.91 Å². The maximum absolute atomic E-state index is 12.7. The second-order valence-electron chi connectivity index (χ2n) is 6.08. The van der Waals surface area contributed by atoms with E-state index in [4.69, 9.17) is 16.0 Å². The van der Waals surface area contributed by atoms with Crippen molar-refractivity contribution < 1.29 is 14.0 Å². The SMILES string of the molecule is C[C@@H](NC(=O)c1ccco1)C(=O)N[C@@H](c1ccccc1)c1ccc(Cl)cc1. The summed E-state index contributed by atoms with van der Waals surface area (Å²) in [5, 5.41) is 6.25. The van der Waals surface area contributed by atoms with Crippen molar-refractivity contribution >= 4 is 23.4 Å². The molecule has 0 aliphatic carbocycles. The number of rotatable bonds is 6. The zero-order chi connectivity index (χ0) is 19.2. The fraction of sp³-hybridized carbons (Fsp3) is 0.143. The number of halogens is 1. The molecule has 6 heteroatoms. The molecule has 0 saturated carbocycles. The number of carbonyl (C=O) groups excluding carboxylic acids is 2. The smallest absolute Gasteiger partial charge is 0.287 e. The van der Waals surface area contributed by atoms with E-state index in [1.165, 1.54) is 6.26 Å². The van der Waals surface area contributed by atoms with Crippen molar-refractivity contribution in [3.63, 3.8) is 0 Å². The van der Waals surface area contributed by atoms with Gasteiger partial charge in [0.05, 0.1) is 12.3 Å². The summed E-state index contributed by atoms with van der Waals surface area (Å²) >= 11 is 5.98. The fourth-order valence-corrected chi connectivity index (χ4v) is 2.79. The first-order valence-electron chi connectivity index (χ1n) is 8.50. The van der Waals surface area contributed by atoms with Crippen molar-refractivity contribution in [2.24, 2.45) is 0 Å². The molecule has 0 saturated heterocycles. The van der Waals surface area contributed by atoms with Crippen molar-refractivity contribution in [2.75, 3.05) is 0 Å². The van der Waals surface area contributed by atoms with E-state index in [-0.39, 0.29) is 17.7 Å². The highest BCUT2D eigenvalue weighted by Gasteiger charge is 2.22. The van der Waals surface area contributed by atoms with Gasteiger partial charge in [-0.3, -0.25) is 9.59 Å². The van der Waals surface area contributed by atoms with Crippen LogP contribution in [0.5, 0.6) is 0 Å². The molecule has 3 aromatic rings. The number of amides is 2. The number of furan rings is 1. The molecule has 1 heterocycles. The lowest BCUT2D eigenvalue weighted by molar-refractivity contribution is -0.123. The molecule has 138 valence electrons. The van der Waals surface area contributed by atoms with Gasteiger partial charge < -0.3 is 15.1 Å². The second kappa shape index (κ2) is 8.56. The highest BCUT2D eigenvalue weighted by Crippen LogP contribution is 2.23. The average molecular weight is 383 g/mol. The monoisotopic (exact) mass is 382 g/mol. The van der Waals surface area contributed by atoms with E-state index in [1.54, 1.807) is 31.2 Å². The van der Waals surface area contributed by atoms with E-state index in [0.29, 0.717) is 5.02 Å². The molecule has 0 bridgehead atoms. The molecule has 0 aliphatic heterocycles. The zero-order valence-electron chi connectivity index (χ0n) is 14.7. The Bertz CT molecular complexity index is 893. The summed E-state index contributed by atoms with van der Waals surface area (Å²) in [4.78, 5) is 24.8. The van der Waals surface area contributed by atoms with Crippen molar-refractivity contribution in [1.82, 2.24) is 10.6 Å². The van der Waals surface area contributed by atoms with E-state index in [0.717, 1.165) is 11.1 Å². The Morgan fingerprint density at radius 3 is 2.19 bits per heavy atom. The summed E-state index contributed by atoms with van der Waals surface area (Å²) in [5.74, 6) is -0.587. The van der Waals surface area contributed by atoms with E-state index in [1.807, 2.05) is 42.5 Å². The Morgan fingerprint density at radius 1 is 0.889 bits per heavy atom. The third kappa shape index (κ3) is 4.77. The number of hydrogen-bond donors (Lipinski definition) is 2. The molecule has 3 rings (SSSR count). The van der Waals surface area contributed by atoms with Crippen molar-refractivity contribution in [1.29, 1.82) is 0 Å². The molecular formula is C21H19ClN2O3. The maximum Gasteiger partial charge on any atom is 0.287 e. The Balaban J connectivity index is 1.76. The number of hydrogen-bond acceptors (Lipinski definition) is 3. The molecule has 2 aromatic carbocycles. The maximum atomic E-state index is 12.7. The van der Waals surface area contributed by atoms with E-state index in [2.05, 4.69) is 10.6 Å². The number of benzene rings is 2. The van der Waals surface area contributed by atoms with Gasteiger partial charge in [0, 0.05) is 5.02 Å². The summed E-state index contributed by atoms with van der Waals surface area (Å²) in [6.07, 6.45) is 1.41. The highest BCUT2D eigenvalue weighted by molar-refractivity contribution is 6.30. The first kappa shape index (κ1) is 18.7. The quantitative estimate of drug-likeness (QED) is 0.678. The third-order valence-corrected chi connectivity index (χ3v) is 4.36. The Kier molecular flexibility index (Phi) is 5.94. The van der Waals surface area contributed by atoms with Crippen LogP contribution < -0.4 is 10.6 Å². The molecule has 2 atom stereocenters. The number of carbonyl (C=O) groups is 2. The minimum atomic E-state index is -0.735. The molecule has 5 nitrogen and oxygen atoms in total. The Morgan fingerprint density at radius 2 is 1.56 bits per heavy atom. The molecule has 2 N–H and O–H groups in total. The first-order valence-corrected chi connectivity index (χ1v) is 8.87. The third-order valence-electron chi connectivity index (χ3n) is 4.11. The number of nitrogens with one attached hydrogen (secondary N) is 2. The van der Waals surface area contributed by atoms with Crippen LogP contribution >= 0.6 is 11.6 Å². The molecule has 0 spiro atoms. The van der Waals surface area contributed by atoms with Gasteiger partial charge >= 0.3 is 0 Å². The van der Waals surface area contributed by atoms with Gasteiger partial charge in [-0.1, -0.05) is 54.1 Å². The second-order valence-corrected chi connectivity index (χ2v) is 6.51. The normalized spacial score (nSPS) is 12.8. The first-order chi connectivity index (χ1) is 13.0. The van der Waals surface area contributed by atoms with Crippen LogP contribution in [0.1, 0.15) is 34.6 Å². The van der Waals surface area contributed by atoms with Gasteiger partial charge in [0.1, 0.15) is 6.04 Å². The average Bonchev–Trinajstić information content (AvgIpc) is 3.22. The van der Waals surface area contributed by atoms with E-state index >= 15 is 0 Å². The van der Waals surface area contributed by atoms with Gasteiger partial charge in [-0.2, -0.15) is 0 Å². The van der Waals surface area contributed by atoms with Gasteiger partial charge in [-0.05, 0) is 42.3 Å². The van der Waals surface area contributed by atoms with Crippen LogP contribution in [0.4, 0.5) is 0 Å². The minimum absolute atomic E-state index is 0.159. The van der Waals surface area contributed by atoms with Crippen molar-refractivity contribution in [2.45, 2.75) is 19.0 Å². The minimum Gasteiger partial charge on any atom is -0.459 e. The van der Waals surface area contributed by atoms with Gasteiger partial charge in [0.15, 0.2) is 5.76 Å². The largest absolute Gasteiger partial charge is 0.459 e. The van der Waals surface area contributed by atoms with Crippen molar-refractivity contribution in [3.05, 3.63) is 94.9 Å². The summed E-state index contributed by atoms with van der Waals surface area (Å²) in [7, 11) is 0. The van der Waals surface area contributed by atoms with Crippen LogP contribution in [0.25, 0.3) is 0 Å². The van der Waals surface area contributed by atoms with Crippen LogP contribution in [0.15, 0.2) is 77.4 Å². The van der Waals surface area contributed by atoms with Crippen LogP contribution in [0, 0.1) is 0 Å². The van der Waals surface area contributed by atoms with E-state index < -0.39 is 11.9 Å². The summed E-state index contributed by atoms with van der Waals surface area (Å²) in [6, 6.07) is 19.0. The van der Waals surface area contributed by atoms with Crippen LogP contribution in [0.2, 0.25) is 5.02 Å². The van der Waals surface area contributed by atoms with Crippen LogP contribution in [0.3, 0.4) is 0 Å². The van der Waals surface area contributed by atoms with Gasteiger partial charge in [-0.15, -0.1) is 0 Å². The lowest BCUT2D eigenvalue weighted by Gasteiger charge is -2.22. The summed E-state index contributed by atoms with van der Waals surface area (Å²) in [5.41, 5.74) is 1.82. The van der Waals surface area contributed by atoms with Gasteiger partial charge in [-0.25, -0.2) is 0 Å². The molecule has 0 fully saturated rings. The zero-order valence-corrected chi connectivity index (χ0v) is 15.4. The molecule has 1 aromatic heterocycles. The van der Waals surface area contributed by atoms with Crippen molar-refractivity contribution in [3.8, 4) is 0 Å². The topological polar surface area (TPSA) is 71.3 Å². The lowest BCUT2D eigenvalue weighted by Crippen LogP contribution is -2.46. The lowest BCUT2D eigenvalue weighted by atomic mass is 9.98. The summed E-state index contributed by atoms with van der Waals surface area (Å²) < 4.78 is 5.05. The fourth-order valence-electron chi connectivity index (χ4n) is 2.67. The molecule has 2 amide bonds. The molecule has 27 heavy (non-hydrogen) atoms. The Hall–Kier alpha value is -3.05. The van der Waals surface area contributed by atoms with E-state index in [9.17, 15) is 9.59 Å². The molecular weight excluding hydrogens is 364 g/mol. The highest BCUT2D eigenvalue weighted by atomic mass is 35.5. The standard InChI is InChI=1S/C21H19ClN2O3/c1-14(23-21(26)18-8-5-13-27-18)20(25)24-19(15-6-3-2-4-7-15)16-9-11-17(22)12-10-16/h2-14,19H,1H3,(H,23,26)(H,24,25)/t14-,19+/m1/s1. The van der Waals surface area contributed by atoms with Gasteiger partial charge in [0.2, 0.25) is 5.91 Å². The molecule has 0 unspecified atom stereocenters. The predicted molar refractivity (Wildman–Crippen MR) is 104 cm³/mol. The molecule has 0 aliphatic rings. The Labute approximate surface area is 162 Å². The predicted octanol–water partition coefficient (Wildman–Crippen LogP) is 3.96. The summed E-state index contributed by atoms with van der Waals surface area (Å²) in [6.45, 7) is 1.63.